The van der Waals surface area contributed by atoms with E-state index in [4.69, 9.17) is 0 Å². The molecule has 0 aromatic heterocycles. The molecule has 0 bridgehead atoms. The largest absolute Gasteiger partial charge is 0.310 e. The first kappa shape index (κ1) is 16.4. The molecule has 0 amide bonds. The predicted octanol–water partition coefficient (Wildman–Crippen LogP) is 3.56. The van der Waals surface area contributed by atoms with E-state index in [2.05, 4.69) is 24.1 Å². The van der Waals surface area contributed by atoms with E-state index in [-0.39, 0.29) is 0 Å². The molecule has 1 heterocycles. The first-order valence-corrected chi connectivity index (χ1v) is 7.99. The fourth-order valence-electron chi connectivity index (χ4n) is 3.12. The molecule has 0 radical (unpaired) electrons. The lowest BCUT2D eigenvalue weighted by Crippen LogP contribution is -2.44. The molecule has 0 aliphatic carbocycles. The Bertz CT molecular complexity index is 448. The first-order chi connectivity index (χ1) is 10.1. The molecular formula is C17H26F2N2. The highest BCUT2D eigenvalue weighted by molar-refractivity contribution is 5.18. The normalized spacial score (nSPS) is 21.4. The van der Waals surface area contributed by atoms with Gasteiger partial charge in [0.05, 0.1) is 0 Å². The van der Waals surface area contributed by atoms with Crippen LogP contribution in [0.1, 0.15) is 38.7 Å². The zero-order valence-electron chi connectivity index (χ0n) is 13.0. The van der Waals surface area contributed by atoms with Crippen LogP contribution in [0.2, 0.25) is 0 Å². The second-order valence-electron chi connectivity index (χ2n) is 6.11. The number of hydrogen-bond donors (Lipinski definition) is 1. The molecule has 1 aromatic rings. The van der Waals surface area contributed by atoms with Crippen LogP contribution in [0.15, 0.2) is 18.2 Å². The van der Waals surface area contributed by atoms with Crippen molar-refractivity contribution in [2.45, 2.75) is 45.7 Å². The second kappa shape index (κ2) is 7.85. The van der Waals surface area contributed by atoms with Crippen LogP contribution in [-0.4, -0.2) is 30.6 Å². The Morgan fingerprint density at radius 2 is 2.19 bits per heavy atom. The van der Waals surface area contributed by atoms with Crippen LogP contribution in [0.5, 0.6) is 0 Å². The third-order valence-electron chi connectivity index (χ3n) is 4.42. The summed E-state index contributed by atoms with van der Waals surface area (Å²) in [4.78, 5) is 2.52. The summed E-state index contributed by atoms with van der Waals surface area (Å²) >= 11 is 0. The van der Waals surface area contributed by atoms with Crippen molar-refractivity contribution in [3.8, 4) is 0 Å². The van der Waals surface area contributed by atoms with Gasteiger partial charge in [0.2, 0.25) is 0 Å². The van der Waals surface area contributed by atoms with Gasteiger partial charge < -0.3 is 10.2 Å². The van der Waals surface area contributed by atoms with Gasteiger partial charge in [-0.25, -0.2) is 8.78 Å². The van der Waals surface area contributed by atoms with Crippen LogP contribution in [0.3, 0.4) is 0 Å². The highest BCUT2D eigenvalue weighted by Crippen LogP contribution is 2.20. The fourth-order valence-corrected chi connectivity index (χ4v) is 3.12. The Hall–Kier alpha value is -1.00. The maximum absolute atomic E-state index is 13.6. The molecule has 2 atom stereocenters. The third-order valence-corrected chi connectivity index (χ3v) is 4.42. The predicted molar refractivity (Wildman–Crippen MR) is 82.1 cm³/mol. The summed E-state index contributed by atoms with van der Waals surface area (Å²) in [5.41, 5.74) is 0.532. The molecule has 1 aliphatic rings. The number of piperidine rings is 1. The second-order valence-corrected chi connectivity index (χ2v) is 6.11. The van der Waals surface area contributed by atoms with Gasteiger partial charge in [-0.2, -0.15) is 0 Å². The Kier molecular flexibility index (Phi) is 6.12. The van der Waals surface area contributed by atoms with Gasteiger partial charge in [-0.05, 0) is 51.3 Å². The molecule has 21 heavy (non-hydrogen) atoms. The molecule has 2 rings (SSSR count). The number of rotatable bonds is 6. The van der Waals surface area contributed by atoms with Crippen LogP contribution in [-0.2, 0) is 6.54 Å². The number of hydrogen-bond acceptors (Lipinski definition) is 2. The van der Waals surface area contributed by atoms with Crippen LogP contribution in [0, 0.1) is 17.6 Å². The zero-order valence-corrected chi connectivity index (χ0v) is 13.0. The summed E-state index contributed by atoms with van der Waals surface area (Å²) < 4.78 is 26.5. The van der Waals surface area contributed by atoms with E-state index in [9.17, 15) is 8.78 Å². The van der Waals surface area contributed by atoms with Crippen molar-refractivity contribution in [1.29, 1.82) is 0 Å². The monoisotopic (exact) mass is 296 g/mol. The van der Waals surface area contributed by atoms with Crippen molar-refractivity contribution in [3.05, 3.63) is 35.4 Å². The maximum Gasteiger partial charge on any atom is 0.130 e. The Morgan fingerprint density at radius 3 is 2.90 bits per heavy atom. The topological polar surface area (TPSA) is 15.3 Å². The van der Waals surface area contributed by atoms with Gasteiger partial charge in [0.25, 0.3) is 0 Å². The van der Waals surface area contributed by atoms with Crippen molar-refractivity contribution in [3.63, 3.8) is 0 Å². The lowest BCUT2D eigenvalue weighted by atomic mass is 9.91. The lowest BCUT2D eigenvalue weighted by molar-refractivity contribution is 0.150. The van der Waals surface area contributed by atoms with Gasteiger partial charge in [-0.15, -0.1) is 0 Å². The Labute approximate surface area is 126 Å². The van der Waals surface area contributed by atoms with Gasteiger partial charge in [-0.3, -0.25) is 0 Å². The summed E-state index contributed by atoms with van der Waals surface area (Å²) in [7, 11) is 0. The quantitative estimate of drug-likeness (QED) is 0.863. The zero-order chi connectivity index (χ0) is 15.2. The minimum absolute atomic E-state index is 0.342. The molecule has 2 unspecified atom stereocenters. The summed E-state index contributed by atoms with van der Waals surface area (Å²) in [6.07, 6.45) is 3.65. The minimum atomic E-state index is -0.521. The Balaban J connectivity index is 1.84. The molecule has 1 aliphatic heterocycles. The van der Waals surface area contributed by atoms with Gasteiger partial charge in [0.1, 0.15) is 11.6 Å². The molecule has 2 nitrogen and oxygen atoms in total. The van der Waals surface area contributed by atoms with Crippen LogP contribution in [0.25, 0.3) is 0 Å². The fraction of sp³-hybridized carbons (Fsp3) is 0.647. The van der Waals surface area contributed by atoms with Crippen molar-refractivity contribution in [2.75, 3.05) is 19.6 Å². The van der Waals surface area contributed by atoms with Gasteiger partial charge in [-0.1, -0.05) is 13.0 Å². The average Bonchev–Trinajstić information content (AvgIpc) is 2.47. The number of benzene rings is 1. The van der Waals surface area contributed by atoms with E-state index in [1.54, 1.807) is 0 Å². The first-order valence-electron chi connectivity index (χ1n) is 7.99. The standard InChI is InChI=1S/C17H26F2N2/c1-3-8-21-9-4-5-15(12-21)13(2)20-11-14-6-7-16(18)10-17(14)19/h6-7,10,13,15,20H,3-5,8-9,11-12H2,1-2H3. The van der Waals surface area contributed by atoms with Crippen LogP contribution < -0.4 is 5.32 Å². The summed E-state index contributed by atoms with van der Waals surface area (Å²) in [5.74, 6) is -0.383. The van der Waals surface area contributed by atoms with Gasteiger partial charge in [0, 0.05) is 30.8 Å². The molecule has 118 valence electrons. The SMILES string of the molecule is CCCN1CCCC(C(C)NCc2ccc(F)cc2F)C1. The van der Waals surface area contributed by atoms with Gasteiger partial charge >= 0.3 is 0 Å². The number of nitrogens with one attached hydrogen (secondary N) is 1. The highest BCUT2D eigenvalue weighted by Gasteiger charge is 2.24. The van der Waals surface area contributed by atoms with E-state index in [1.807, 2.05) is 0 Å². The van der Waals surface area contributed by atoms with E-state index >= 15 is 0 Å². The maximum atomic E-state index is 13.6. The minimum Gasteiger partial charge on any atom is -0.310 e. The van der Waals surface area contributed by atoms with Crippen molar-refractivity contribution in [1.82, 2.24) is 10.2 Å². The van der Waals surface area contributed by atoms with E-state index in [0.717, 1.165) is 19.2 Å². The molecule has 1 fully saturated rings. The number of nitrogens with zero attached hydrogens (tertiary/aromatic N) is 1. The molecule has 0 spiro atoms. The molecule has 4 heteroatoms. The number of halogens is 2. The summed E-state index contributed by atoms with van der Waals surface area (Å²) in [5, 5.41) is 3.40. The smallest absolute Gasteiger partial charge is 0.130 e. The van der Waals surface area contributed by atoms with Crippen molar-refractivity contribution in [2.24, 2.45) is 5.92 Å². The van der Waals surface area contributed by atoms with Crippen LogP contribution >= 0.6 is 0 Å². The summed E-state index contributed by atoms with van der Waals surface area (Å²) in [6.45, 7) is 8.31. The Morgan fingerprint density at radius 1 is 1.38 bits per heavy atom. The van der Waals surface area contributed by atoms with E-state index < -0.39 is 11.6 Å². The molecule has 1 saturated heterocycles. The number of likely N-dealkylation sites (tertiary alicyclic amines) is 1. The highest BCUT2D eigenvalue weighted by atomic mass is 19.1. The molecule has 0 saturated carbocycles. The summed E-state index contributed by atoms with van der Waals surface area (Å²) in [6, 6.07) is 4.13. The van der Waals surface area contributed by atoms with E-state index in [1.165, 1.54) is 37.9 Å². The molecule has 1 aromatic carbocycles. The van der Waals surface area contributed by atoms with Crippen molar-refractivity contribution >= 4 is 0 Å². The van der Waals surface area contributed by atoms with Crippen LogP contribution in [0.4, 0.5) is 8.78 Å². The van der Waals surface area contributed by atoms with Gasteiger partial charge in [0.15, 0.2) is 0 Å². The average molecular weight is 296 g/mol. The lowest BCUT2D eigenvalue weighted by Gasteiger charge is -2.36. The molecular weight excluding hydrogens is 270 g/mol. The molecule has 1 N–H and O–H groups in total. The van der Waals surface area contributed by atoms with Crippen molar-refractivity contribution < 1.29 is 8.78 Å². The third kappa shape index (κ3) is 4.75. The van der Waals surface area contributed by atoms with E-state index in [0.29, 0.717) is 24.1 Å².